The van der Waals surface area contributed by atoms with Gasteiger partial charge in [-0.05, 0) is 12.0 Å². The second-order valence-electron chi connectivity index (χ2n) is 6.14. The molecule has 0 bridgehead atoms. The number of hydrogen-bond donors (Lipinski definition) is 2. The maximum absolute atomic E-state index is 11.5. The molecule has 3 heterocycles. The van der Waals surface area contributed by atoms with Crippen LogP contribution in [-0.4, -0.2) is 46.6 Å². The monoisotopic (exact) mass is 334 g/mol. The van der Waals surface area contributed by atoms with Crippen molar-refractivity contribution in [1.82, 2.24) is 13.9 Å². The highest BCUT2D eigenvalue weighted by Crippen LogP contribution is 2.45. The highest BCUT2D eigenvalue weighted by Gasteiger charge is 2.41. The third-order valence-electron chi connectivity index (χ3n) is 4.88. The van der Waals surface area contributed by atoms with E-state index in [1.807, 2.05) is 18.3 Å². The molecule has 1 aromatic carbocycles. The van der Waals surface area contributed by atoms with Gasteiger partial charge in [0.2, 0.25) is 0 Å². The summed E-state index contributed by atoms with van der Waals surface area (Å²) < 4.78 is 26.2. The van der Waals surface area contributed by atoms with Crippen LogP contribution in [0.2, 0.25) is 0 Å². The number of imidazole rings is 1. The first-order valence-electron chi connectivity index (χ1n) is 7.54. The van der Waals surface area contributed by atoms with Crippen LogP contribution in [0, 0.1) is 5.92 Å². The van der Waals surface area contributed by atoms with E-state index in [1.165, 1.54) is 0 Å². The number of nitrogens with two attached hydrogens (primary N) is 1. The summed E-state index contributed by atoms with van der Waals surface area (Å²) in [5.74, 6) is -0.0791. The molecule has 23 heavy (non-hydrogen) atoms. The number of aromatic nitrogens is 2. The van der Waals surface area contributed by atoms with Crippen LogP contribution >= 0.6 is 0 Å². The van der Waals surface area contributed by atoms with Crippen LogP contribution in [0.5, 0.6) is 0 Å². The topological polar surface area (TPSA) is 101 Å². The second kappa shape index (κ2) is 5.13. The van der Waals surface area contributed by atoms with Crippen molar-refractivity contribution < 1.29 is 13.5 Å². The summed E-state index contributed by atoms with van der Waals surface area (Å²) in [4.78, 5) is 4.22. The predicted molar refractivity (Wildman–Crippen MR) is 84.6 cm³/mol. The molecule has 122 valence electrons. The number of benzene rings is 1. The fourth-order valence-electron chi connectivity index (χ4n) is 3.83. The first-order chi connectivity index (χ1) is 11.0. The highest BCUT2D eigenvalue weighted by atomic mass is 32.2. The van der Waals surface area contributed by atoms with E-state index in [0.717, 1.165) is 21.1 Å². The summed E-state index contributed by atoms with van der Waals surface area (Å²) in [7, 11) is -3.76. The number of β-amino-alcohol motifs (C(OH)–C–C–N with tert-alkyl or cyclic N) is 1. The molecule has 4 rings (SSSR count). The van der Waals surface area contributed by atoms with E-state index in [-0.39, 0.29) is 18.5 Å². The molecule has 8 heteroatoms. The van der Waals surface area contributed by atoms with Crippen LogP contribution in [-0.2, 0) is 10.2 Å². The summed E-state index contributed by atoms with van der Waals surface area (Å²) in [6.07, 6.45) is 3.38. The van der Waals surface area contributed by atoms with Crippen LogP contribution in [0.15, 0.2) is 36.8 Å². The van der Waals surface area contributed by atoms with Gasteiger partial charge in [0.1, 0.15) is 0 Å². The average Bonchev–Trinajstić information content (AvgIpc) is 3.07. The summed E-state index contributed by atoms with van der Waals surface area (Å²) >= 11 is 0. The van der Waals surface area contributed by atoms with Crippen LogP contribution in [0.25, 0.3) is 11.3 Å². The van der Waals surface area contributed by atoms with E-state index >= 15 is 0 Å². The van der Waals surface area contributed by atoms with Crippen molar-refractivity contribution in [3.8, 4) is 11.3 Å². The third-order valence-corrected chi connectivity index (χ3v) is 5.93. The average molecular weight is 334 g/mol. The lowest BCUT2D eigenvalue weighted by atomic mass is 9.84. The summed E-state index contributed by atoms with van der Waals surface area (Å²) in [6, 6.07) is 8.05. The molecule has 0 saturated carbocycles. The standard InChI is InChI=1S/C15H18N4O3S/c16-23(21,22)18-6-5-12(14(20)8-18)15-11-4-2-1-3-10(11)13-7-17-9-19(13)15/h1-4,7,9,12,14-15,20H,5-6,8H2,(H2,16,21,22)/t12-,14-,15-/m1/s1. The molecule has 2 aromatic rings. The molecular formula is C15H18N4O3S. The van der Waals surface area contributed by atoms with Crippen molar-refractivity contribution in [2.75, 3.05) is 13.1 Å². The van der Waals surface area contributed by atoms with Gasteiger partial charge < -0.3 is 9.67 Å². The van der Waals surface area contributed by atoms with Crippen molar-refractivity contribution in [2.24, 2.45) is 11.1 Å². The Morgan fingerprint density at radius 2 is 2.09 bits per heavy atom. The van der Waals surface area contributed by atoms with Crippen LogP contribution in [0.3, 0.4) is 0 Å². The Bertz CT molecular complexity index is 848. The molecule has 0 spiro atoms. The van der Waals surface area contributed by atoms with Gasteiger partial charge in [-0.15, -0.1) is 0 Å². The van der Waals surface area contributed by atoms with Gasteiger partial charge in [-0.2, -0.15) is 12.7 Å². The van der Waals surface area contributed by atoms with E-state index in [4.69, 9.17) is 5.14 Å². The number of aliphatic hydroxyl groups is 1. The number of nitrogens with zero attached hydrogens (tertiary/aromatic N) is 3. The molecule has 0 amide bonds. The van der Waals surface area contributed by atoms with Gasteiger partial charge in [-0.3, -0.25) is 0 Å². The number of piperidine rings is 1. The van der Waals surface area contributed by atoms with E-state index in [2.05, 4.69) is 21.7 Å². The molecule has 2 aliphatic rings. The smallest absolute Gasteiger partial charge is 0.276 e. The van der Waals surface area contributed by atoms with E-state index < -0.39 is 16.3 Å². The maximum atomic E-state index is 11.5. The van der Waals surface area contributed by atoms with E-state index in [0.29, 0.717) is 13.0 Å². The molecular weight excluding hydrogens is 316 g/mol. The van der Waals surface area contributed by atoms with Gasteiger partial charge in [0.05, 0.1) is 30.4 Å². The molecule has 0 aliphatic carbocycles. The van der Waals surface area contributed by atoms with Crippen LogP contribution < -0.4 is 5.14 Å². The molecule has 3 N–H and O–H groups in total. The molecule has 3 atom stereocenters. The normalized spacial score (nSPS) is 27.7. The van der Waals surface area contributed by atoms with E-state index in [9.17, 15) is 13.5 Å². The predicted octanol–water partition coefficient (Wildman–Crippen LogP) is 0.339. The minimum absolute atomic E-state index is 0.0265. The molecule has 2 aliphatic heterocycles. The second-order valence-corrected chi connectivity index (χ2v) is 7.69. The number of aliphatic hydroxyl groups excluding tert-OH is 1. The first-order valence-corrected chi connectivity index (χ1v) is 9.04. The fraction of sp³-hybridized carbons (Fsp3) is 0.400. The van der Waals surface area contributed by atoms with Gasteiger partial charge >= 0.3 is 0 Å². The molecule has 0 radical (unpaired) electrons. The van der Waals surface area contributed by atoms with Crippen molar-refractivity contribution in [2.45, 2.75) is 18.6 Å². The number of fused-ring (bicyclic) bond motifs is 3. The Morgan fingerprint density at radius 3 is 2.83 bits per heavy atom. The lowest BCUT2D eigenvalue weighted by molar-refractivity contribution is 0.0343. The van der Waals surface area contributed by atoms with Gasteiger partial charge in [0.15, 0.2) is 0 Å². The fourth-order valence-corrected chi connectivity index (χ4v) is 4.55. The zero-order chi connectivity index (χ0) is 16.2. The SMILES string of the molecule is NS(=O)(=O)N1CC[C@@H]([C@H]2c3ccccc3-c3cncn32)[C@H](O)C1. The lowest BCUT2D eigenvalue weighted by Crippen LogP contribution is -2.50. The van der Waals surface area contributed by atoms with Gasteiger partial charge in [-0.1, -0.05) is 24.3 Å². The highest BCUT2D eigenvalue weighted by molar-refractivity contribution is 7.86. The molecule has 1 saturated heterocycles. The van der Waals surface area contributed by atoms with Crippen molar-refractivity contribution >= 4 is 10.2 Å². The molecule has 0 unspecified atom stereocenters. The van der Waals surface area contributed by atoms with Crippen molar-refractivity contribution in [1.29, 1.82) is 0 Å². The zero-order valence-corrected chi connectivity index (χ0v) is 13.2. The minimum atomic E-state index is -3.76. The van der Waals surface area contributed by atoms with Gasteiger partial charge in [0.25, 0.3) is 10.2 Å². The Kier molecular flexibility index (Phi) is 3.31. The summed E-state index contributed by atoms with van der Waals surface area (Å²) in [5.41, 5.74) is 3.31. The Labute approximate surface area is 134 Å². The Balaban J connectivity index is 1.70. The first kappa shape index (κ1) is 14.8. The Hall–Kier alpha value is -1.74. The maximum Gasteiger partial charge on any atom is 0.276 e. The van der Waals surface area contributed by atoms with Crippen LogP contribution in [0.4, 0.5) is 0 Å². The summed E-state index contributed by atoms with van der Waals surface area (Å²) in [5, 5.41) is 15.7. The molecule has 1 fully saturated rings. The largest absolute Gasteiger partial charge is 0.391 e. The zero-order valence-electron chi connectivity index (χ0n) is 12.4. The van der Waals surface area contributed by atoms with Crippen molar-refractivity contribution in [3.05, 3.63) is 42.4 Å². The minimum Gasteiger partial charge on any atom is -0.391 e. The van der Waals surface area contributed by atoms with Gasteiger partial charge in [-0.25, -0.2) is 10.1 Å². The molecule has 7 nitrogen and oxygen atoms in total. The quantitative estimate of drug-likeness (QED) is 0.827. The Morgan fingerprint density at radius 1 is 1.30 bits per heavy atom. The third kappa shape index (κ3) is 2.29. The van der Waals surface area contributed by atoms with Gasteiger partial charge in [0, 0.05) is 24.6 Å². The lowest BCUT2D eigenvalue weighted by Gasteiger charge is -2.37. The molecule has 1 aromatic heterocycles. The van der Waals surface area contributed by atoms with E-state index in [1.54, 1.807) is 6.33 Å². The number of hydrogen-bond acceptors (Lipinski definition) is 4. The summed E-state index contributed by atoms with van der Waals surface area (Å²) in [6.45, 7) is 0.357. The van der Waals surface area contributed by atoms with Crippen LogP contribution in [0.1, 0.15) is 18.0 Å². The number of rotatable bonds is 2. The van der Waals surface area contributed by atoms with Crippen molar-refractivity contribution in [3.63, 3.8) is 0 Å².